The molecule has 7 heteroatoms. The monoisotopic (exact) mass is 353 g/mol. The van der Waals surface area contributed by atoms with E-state index in [2.05, 4.69) is 21.2 Å². The summed E-state index contributed by atoms with van der Waals surface area (Å²) < 4.78 is 14.1. The molecule has 0 spiro atoms. The van der Waals surface area contributed by atoms with Crippen LogP contribution in [0.2, 0.25) is 0 Å². The number of anilines is 1. The molecule has 0 aliphatic heterocycles. The minimum atomic E-state index is -1.33. The molecule has 0 bridgehead atoms. The summed E-state index contributed by atoms with van der Waals surface area (Å²) in [6.07, 6.45) is 0. The van der Waals surface area contributed by atoms with Gasteiger partial charge in [-0.3, -0.25) is 4.79 Å². The van der Waals surface area contributed by atoms with Crippen molar-refractivity contribution in [1.29, 1.82) is 0 Å². The second-order valence-corrected chi connectivity index (χ2v) is 5.00. The second kappa shape index (κ2) is 5.92. The molecule has 2 rings (SSSR count). The minimum Gasteiger partial charge on any atom is -0.505 e. The Morgan fingerprint density at radius 1 is 1.14 bits per heavy atom. The summed E-state index contributed by atoms with van der Waals surface area (Å²) in [5, 5.41) is 20.9. The fourth-order valence-corrected chi connectivity index (χ4v) is 2.01. The largest absolute Gasteiger partial charge is 0.505 e. The first-order valence-corrected chi connectivity index (χ1v) is 6.51. The third kappa shape index (κ3) is 3.19. The summed E-state index contributed by atoms with van der Waals surface area (Å²) in [5.74, 6) is -3.46. The molecule has 1 amide bonds. The van der Waals surface area contributed by atoms with Crippen LogP contribution in [0.15, 0.2) is 40.9 Å². The normalized spacial score (nSPS) is 10.2. The Bertz CT molecular complexity index is 733. The van der Waals surface area contributed by atoms with Crippen LogP contribution in [0.25, 0.3) is 0 Å². The number of aromatic hydroxyl groups is 1. The number of carboxylic acids is 1. The van der Waals surface area contributed by atoms with Gasteiger partial charge in [0.2, 0.25) is 0 Å². The lowest BCUT2D eigenvalue weighted by Crippen LogP contribution is -2.14. The zero-order chi connectivity index (χ0) is 15.6. The average molecular weight is 354 g/mol. The lowest BCUT2D eigenvalue weighted by molar-refractivity contribution is 0.0693. The zero-order valence-electron chi connectivity index (χ0n) is 10.4. The highest BCUT2D eigenvalue weighted by atomic mass is 79.9. The molecule has 3 N–H and O–H groups in total. The molecule has 2 aromatic carbocycles. The highest BCUT2D eigenvalue weighted by Crippen LogP contribution is 2.28. The molecule has 0 radical (unpaired) electrons. The van der Waals surface area contributed by atoms with Crippen LogP contribution in [-0.4, -0.2) is 22.1 Å². The van der Waals surface area contributed by atoms with Crippen LogP contribution in [-0.2, 0) is 0 Å². The van der Waals surface area contributed by atoms with E-state index in [1.807, 2.05) is 0 Å². The number of carbonyl (C=O) groups is 2. The average Bonchev–Trinajstić information content (AvgIpc) is 2.40. The Hall–Kier alpha value is -2.41. The van der Waals surface area contributed by atoms with Crippen molar-refractivity contribution in [2.24, 2.45) is 0 Å². The molecule has 0 fully saturated rings. The number of nitrogens with one attached hydrogen (secondary N) is 1. The van der Waals surface area contributed by atoms with E-state index in [9.17, 15) is 19.1 Å². The Labute approximate surface area is 127 Å². The lowest BCUT2D eigenvalue weighted by Gasteiger charge is -2.09. The van der Waals surface area contributed by atoms with Crippen molar-refractivity contribution in [3.05, 3.63) is 57.8 Å². The van der Waals surface area contributed by atoms with Gasteiger partial charge in [0.1, 0.15) is 11.4 Å². The number of carbonyl (C=O) groups excluding carboxylic acids is 1. The molecular weight excluding hydrogens is 345 g/mol. The van der Waals surface area contributed by atoms with Crippen LogP contribution >= 0.6 is 15.9 Å². The number of benzene rings is 2. The van der Waals surface area contributed by atoms with Gasteiger partial charge in [0.25, 0.3) is 5.91 Å². The number of halogens is 2. The zero-order valence-corrected chi connectivity index (χ0v) is 12.0. The van der Waals surface area contributed by atoms with E-state index in [0.717, 1.165) is 6.07 Å². The number of aromatic carboxylic acids is 1. The molecule has 0 aliphatic carbocycles. The fraction of sp³-hybridized carbons (Fsp3) is 0. The fourth-order valence-electron chi connectivity index (χ4n) is 1.68. The molecule has 0 unspecified atom stereocenters. The van der Waals surface area contributed by atoms with Gasteiger partial charge in [-0.2, -0.15) is 0 Å². The van der Waals surface area contributed by atoms with Crippen LogP contribution in [0.4, 0.5) is 10.1 Å². The molecule has 0 aromatic heterocycles. The molecule has 21 heavy (non-hydrogen) atoms. The number of phenols is 1. The van der Waals surface area contributed by atoms with E-state index in [0.29, 0.717) is 4.47 Å². The van der Waals surface area contributed by atoms with Gasteiger partial charge in [0.15, 0.2) is 5.75 Å². The Kier molecular flexibility index (Phi) is 4.23. The topological polar surface area (TPSA) is 86.6 Å². The van der Waals surface area contributed by atoms with Gasteiger partial charge in [-0.15, -0.1) is 0 Å². The highest BCUT2D eigenvalue weighted by Gasteiger charge is 2.17. The third-order valence-corrected chi connectivity index (χ3v) is 3.18. The standard InChI is InChI=1S/C14H9BrFNO4/c15-7-4-5-8(10(16)6-7)13(19)17-11-3-1-2-9(12(11)18)14(20)21/h1-6,18H,(H,17,19)(H,20,21). The van der Waals surface area contributed by atoms with E-state index in [1.54, 1.807) is 0 Å². The van der Waals surface area contributed by atoms with Crippen LogP contribution < -0.4 is 5.32 Å². The van der Waals surface area contributed by atoms with Gasteiger partial charge >= 0.3 is 5.97 Å². The summed E-state index contributed by atoms with van der Waals surface area (Å²) in [4.78, 5) is 22.8. The summed E-state index contributed by atoms with van der Waals surface area (Å²) in [7, 11) is 0. The van der Waals surface area contributed by atoms with Gasteiger partial charge in [-0.1, -0.05) is 22.0 Å². The Morgan fingerprint density at radius 3 is 2.48 bits per heavy atom. The second-order valence-electron chi connectivity index (χ2n) is 4.09. The van der Waals surface area contributed by atoms with Crippen molar-refractivity contribution in [3.63, 3.8) is 0 Å². The summed E-state index contributed by atoms with van der Waals surface area (Å²) >= 11 is 3.07. The first kappa shape index (κ1) is 15.0. The maximum absolute atomic E-state index is 13.7. The van der Waals surface area contributed by atoms with Crippen LogP contribution in [0.1, 0.15) is 20.7 Å². The quantitative estimate of drug-likeness (QED) is 0.739. The summed E-state index contributed by atoms with van der Waals surface area (Å²) in [5.41, 5.74) is -0.690. The Morgan fingerprint density at radius 2 is 1.86 bits per heavy atom. The number of amides is 1. The number of hydrogen-bond donors (Lipinski definition) is 3. The molecule has 5 nitrogen and oxygen atoms in total. The van der Waals surface area contributed by atoms with E-state index in [1.165, 1.54) is 30.3 Å². The van der Waals surface area contributed by atoms with Gasteiger partial charge in [-0.25, -0.2) is 9.18 Å². The predicted octanol–water partition coefficient (Wildman–Crippen LogP) is 3.24. The molecule has 0 aliphatic rings. The van der Waals surface area contributed by atoms with Gasteiger partial charge in [-0.05, 0) is 30.3 Å². The number of carboxylic acid groups (broad SMARTS) is 1. The van der Waals surface area contributed by atoms with Crippen molar-refractivity contribution < 1.29 is 24.2 Å². The van der Waals surface area contributed by atoms with Crippen LogP contribution in [0, 0.1) is 5.82 Å². The van der Waals surface area contributed by atoms with Crippen LogP contribution in [0.5, 0.6) is 5.75 Å². The maximum Gasteiger partial charge on any atom is 0.339 e. The van der Waals surface area contributed by atoms with Crippen molar-refractivity contribution in [2.75, 3.05) is 5.32 Å². The van der Waals surface area contributed by atoms with Gasteiger partial charge in [0.05, 0.1) is 11.3 Å². The molecule has 0 heterocycles. The number of para-hydroxylation sites is 1. The predicted molar refractivity (Wildman–Crippen MR) is 77.1 cm³/mol. The summed E-state index contributed by atoms with van der Waals surface area (Å²) in [6.45, 7) is 0. The SMILES string of the molecule is O=C(Nc1cccc(C(=O)O)c1O)c1ccc(Br)cc1F. The van der Waals surface area contributed by atoms with E-state index < -0.39 is 23.4 Å². The number of rotatable bonds is 3. The first-order chi connectivity index (χ1) is 9.90. The Balaban J connectivity index is 2.32. The maximum atomic E-state index is 13.7. The van der Waals surface area contributed by atoms with Gasteiger partial charge < -0.3 is 15.5 Å². The molecule has 0 atom stereocenters. The van der Waals surface area contributed by atoms with Crippen molar-refractivity contribution in [3.8, 4) is 5.75 Å². The van der Waals surface area contributed by atoms with Crippen molar-refractivity contribution in [2.45, 2.75) is 0 Å². The van der Waals surface area contributed by atoms with Crippen molar-refractivity contribution in [1.82, 2.24) is 0 Å². The van der Waals surface area contributed by atoms with Crippen molar-refractivity contribution >= 4 is 33.5 Å². The molecule has 2 aromatic rings. The smallest absolute Gasteiger partial charge is 0.339 e. The van der Waals surface area contributed by atoms with Crippen LogP contribution in [0.3, 0.4) is 0 Å². The molecule has 108 valence electrons. The number of hydrogen-bond acceptors (Lipinski definition) is 3. The minimum absolute atomic E-state index is 0.109. The molecule has 0 saturated heterocycles. The van der Waals surface area contributed by atoms with E-state index >= 15 is 0 Å². The molecular formula is C14H9BrFNO4. The van der Waals surface area contributed by atoms with E-state index in [-0.39, 0.29) is 16.8 Å². The first-order valence-electron chi connectivity index (χ1n) is 5.72. The molecule has 0 saturated carbocycles. The summed E-state index contributed by atoms with van der Waals surface area (Å²) in [6, 6.07) is 7.75. The third-order valence-electron chi connectivity index (χ3n) is 2.69. The lowest BCUT2D eigenvalue weighted by atomic mass is 10.1. The van der Waals surface area contributed by atoms with Gasteiger partial charge in [0, 0.05) is 4.47 Å². The highest BCUT2D eigenvalue weighted by molar-refractivity contribution is 9.10. The van der Waals surface area contributed by atoms with E-state index in [4.69, 9.17) is 5.11 Å².